The number of rotatable bonds is 6. The molecule has 0 saturated carbocycles. The van der Waals surface area contributed by atoms with Gasteiger partial charge in [0.25, 0.3) is 5.91 Å². The third-order valence-electron chi connectivity index (χ3n) is 4.84. The number of imide groups is 1. The highest BCUT2D eigenvalue weighted by atomic mass is 35.5. The summed E-state index contributed by atoms with van der Waals surface area (Å²) < 4.78 is 11.3. The van der Waals surface area contributed by atoms with Crippen LogP contribution in [0.2, 0.25) is 15.1 Å². The molecule has 0 aliphatic carbocycles. The van der Waals surface area contributed by atoms with Gasteiger partial charge in [-0.15, -0.1) is 0 Å². The maximum absolute atomic E-state index is 12.8. The summed E-state index contributed by atoms with van der Waals surface area (Å²) in [5.74, 6) is 0.507. The molecule has 0 bridgehead atoms. The number of ether oxygens (including phenoxy) is 2. The summed E-state index contributed by atoms with van der Waals surface area (Å²) in [6.45, 7) is 0.262. The number of amides is 3. The molecule has 1 saturated heterocycles. The lowest BCUT2D eigenvalue weighted by molar-refractivity contribution is -0.113. The quantitative estimate of drug-likeness (QED) is 0.315. The summed E-state index contributed by atoms with van der Waals surface area (Å²) in [4.78, 5) is 26.2. The monoisotopic (exact) mass is 502 g/mol. The normalized spacial score (nSPS) is 14.5. The second-order valence-corrected chi connectivity index (χ2v) is 8.30. The van der Waals surface area contributed by atoms with Gasteiger partial charge in [-0.05, 0) is 65.7 Å². The van der Waals surface area contributed by atoms with E-state index in [4.69, 9.17) is 44.3 Å². The molecule has 0 aromatic heterocycles. The average molecular weight is 504 g/mol. The number of hydrogen-bond acceptors (Lipinski definition) is 4. The van der Waals surface area contributed by atoms with Crippen LogP contribution in [0, 0.1) is 0 Å². The van der Waals surface area contributed by atoms with Crippen LogP contribution in [-0.2, 0) is 11.4 Å². The third kappa shape index (κ3) is 5.09. The van der Waals surface area contributed by atoms with E-state index in [1.54, 1.807) is 60.7 Å². The Labute approximate surface area is 205 Å². The van der Waals surface area contributed by atoms with Crippen molar-refractivity contribution in [2.75, 3.05) is 12.0 Å². The zero-order chi connectivity index (χ0) is 23.5. The Kier molecular flexibility index (Phi) is 6.79. The van der Waals surface area contributed by atoms with Crippen molar-refractivity contribution in [3.8, 4) is 11.5 Å². The van der Waals surface area contributed by atoms with E-state index in [1.807, 2.05) is 6.07 Å². The number of urea groups is 1. The SMILES string of the molecule is COc1cc(/C=C2/NC(=O)N(c3ccc(Cl)cc3)C2=O)ccc1OCc1ccc(Cl)c(Cl)c1. The summed E-state index contributed by atoms with van der Waals surface area (Å²) in [6.07, 6.45) is 1.57. The topological polar surface area (TPSA) is 67.9 Å². The molecule has 0 spiro atoms. The number of carbonyl (C=O) groups excluding carboxylic acids is 2. The van der Waals surface area contributed by atoms with E-state index in [1.165, 1.54) is 7.11 Å². The van der Waals surface area contributed by atoms with Gasteiger partial charge in [0, 0.05) is 5.02 Å². The fourth-order valence-corrected chi connectivity index (χ4v) is 3.66. The molecule has 0 unspecified atom stereocenters. The van der Waals surface area contributed by atoms with Gasteiger partial charge in [0.15, 0.2) is 11.5 Å². The van der Waals surface area contributed by atoms with Crippen LogP contribution in [0.1, 0.15) is 11.1 Å². The lowest BCUT2D eigenvalue weighted by atomic mass is 10.1. The lowest BCUT2D eigenvalue weighted by Crippen LogP contribution is -2.30. The molecule has 3 aromatic rings. The van der Waals surface area contributed by atoms with E-state index >= 15 is 0 Å². The van der Waals surface area contributed by atoms with E-state index in [-0.39, 0.29) is 12.3 Å². The summed E-state index contributed by atoms with van der Waals surface area (Å²) >= 11 is 17.9. The Balaban J connectivity index is 1.52. The zero-order valence-electron chi connectivity index (χ0n) is 17.3. The van der Waals surface area contributed by atoms with Gasteiger partial charge in [0.2, 0.25) is 0 Å². The fourth-order valence-electron chi connectivity index (χ4n) is 3.21. The second-order valence-electron chi connectivity index (χ2n) is 7.05. The number of hydrogen-bond donors (Lipinski definition) is 1. The van der Waals surface area contributed by atoms with Crippen LogP contribution >= 0.6 is 34.8 Å². The molecule has 0 atom stereocenters. The summed E-state index contributed by atoms with van der Waals surface area (Å²) in [5, 5.41) is 4.02. The Morgan fingerprint density at radius 1 is 0.909 bits per heavy atom. The second kappa shape index (κ2) is 9.75. The predicted molar refractivity (Wildman–Crippen MR) is 129 cm³/mol. The van der Waals surface area contributed by atoms with Gasteiger partial charge in [0.05, 0.1) is 22.8 Å². The van der Waals surface area contributed by atoms with Gasteiger partial charge in [-0.2, -0.15) is 0 Å². The van der Waals surface area contributed by atoms with Crippen LogP contribution in [0.15, 0.2) is 66.4 Å². The number of nitrogens with zero attached hydrogens (tertiary/aromatic N) is 1. The molecule has 1 aliphatic rings. The van der Waals surface area contributed by atoms with Crippen molar-refractivity contribution in [1.29, 1.82) is 0 Å². The molecule has 1 fully saturated rings. The number of methoxy groups -OCH3 is 1. The highest BCUT2D eigenvalue weighted by Crippen LogP contribution is 2.31. The molecule has 9 heteroatoms. The molecule has 33 heavy (non-hydrogen) atoms. The molecule has 1 N–H and O–H groups in total. The Hall–Kier alpha value is -3.19. The maximum Gasteiger partial charge on any atom is 0.333 e. The maximum atomic E-state index is 12.8. The first kappa shape index (κ1) is 23.0. The van der Waals surface area contributed by atoms with Gasteiger partial charge >= 0.3 is 6.03 Å². The first-order valence-electron chi connectivity index (χ1n) is 9.73. The van der Waals surface area contributed by atoms with Crippen LogP contribution in [0.4, 0.5) is 10.5 Å². The minimum absolute atomic E-state index is 0.140. The Morgan fingerprint density at radius 3 is 2.36 bits per heavy atom. The number of nitrogens with one attached hydrogen (secondary N) is 1. The zero-order valence-corrected chi connectivity index (χ0v) is 19.5. The van der Waals surface area contributed by atoms with Gasteiger partial charge in [-0.3, -0.25) is 4.79 Å². The Bertz CT molecular complexity index is 1260. The molecular weight excluding hydrogens is 487 g/mol. The van der Waals surface area contributed by atoms with Crippen molar-refractivity contribution in [1.82, 2.24) is 5.32 Å². The van der Waals surface area contributed by atoms with Crippen LogP contribution in [0.25, 0.3) is 6.08 Å². The van der Waals surface area contributed by atoms with Gasteiger partial charge in [0.1, 0.15) is 12.3 Å². The molecule has 0 radical (unpaired) electrons. The first-order chi connectivity index (χ1) is 15.9. The van der Waals surface area contributed by atoms with Crippen LogP contribution in [0.5, 0.6) is 11.5 Å². The number of carbonyl (C=O) groups is 2. The van der Waals surface area contributed by atoms with E-state index in [2.05, 4.69) is 5.32 Å². The summed E-state index contributed by atoms with van der Waals surface area (Å²) in [6, 6.07) is 16.3. The smallest absolute Gasteiger partial charge is 0.333 e. The minimum atomic E-state index is -0.540. The Morgan fingerprint density at radius 2 is 1.67 bits per heavy atom. The van der Waals surface area contributed by atoms with Gasteiger partial charge < -0.3 is 14.8 Å². The first-order valence-corrected chi connectivity index (χ1v) is 10.9. The van der Waals surface area contributed by atoms with E-state index in [9.17, 15) is 9.59 Å². The largest absolute Gasteiger partial charge is 0.493 e. The highest BCUT2D eigenvalue weighted by Gasteiger charge is 2.34. The standard InChI is InChI=1S/C24H17Cl3N2O4/c1-32-22-12-14(3-9-21(22)33-13-15-2-8-18(26)19(27)10-15)11-20-23(30)29(24(31)28-20)17-6-4-16(25)5-7-17/h2-12H,13H2,1H3,(H,28,31)/b20-11+. The van der Waals surface area contributed by atoms with E-state index in [0.717, 1.165) is 10.5 Å². The molecule has 1 aliphatic heterocycles. The molecule has 4 rings (SSSR count). The minimum Gasteiger partial charge on any atom is -0.493 e. The molecule has 168 valence electrons. The van der Waals surface area contributed by atoms with Crippen molar-refractivity contribution >= 4 is 58.5 Å². The van der Waals surface area contributed by atoms with Crippen molar-refractivity contribution in [2.24, 2.45) is 0 Å². The van der Waals surface area contributed by atoms with Crippen molar-refractivity contribution in [2.45, 2.75) is 6.61 Å². The molecule has 3 amide bonds. The van der Waals surface area contributed by atoms with Crippen molar-refractivity contribution in [3.63, 3.8) is 0 Å². The molecule has 6 nitrogen and oxygen atoms in total. The fraction of sp³-hybridized carbons (Fsp3) is 0.0833. The number of halogens is 3. The summed E-state index contributed by atoms with van der Waals surface area (Å²) in [7, 11) is 1.52. The van der Waals surface area contributed by atoms with Crippen molar-refractivity contribution < 1.29 is 19.1 Å². The van der Waals surface area contributed by atoms with Gasteiger partial charge in [-0.25, -0.2) is 9.69 Å². The van der Waals surface area contributed by atoms with Crippen LogP contribution in [-0.4, -0.2) is 19.0 Å². The number of anilines is 1. The average Bonchev–Trinajstić information content (AvgIpc) is 3.08. The predicted octanol–water partition coefficient (Wildman–Crippen LogP) is 6.33. The van der Waals surface area contributed by atoms with E-state index < -0.39 is 11.9 Å². The van der Waals surface area contributed by atoms with Gasteiger partial charge in [-0.1, -0.05) is 46.9 Å². The van der Waals surface area contributed by atoms with Crippen LogP contribution in [0.3, 0.4) is 0 Å². The number of benzene rings is 3. The third-order valence-corrected chi connectivity index (χ3v) is 5.83. The molecular formula is C24H17Cl3N2O4. The van der Waals surface area contributed by atoms with E-state index in [0.29, 0.717) is 37.8 Å². The summed E-state index contributed by atoms with van der Waals surface area (Å²) in [5.41, 5.74) is 2.06. The molecule has 3 aromatic carbocycles. The lowest BCUT2D eigenvalue weighted by Gasteiger charge is -2.12. The van der Waals surface area contributed by atoms with Crippen LogP contribution < -0.4 is 19.7 Å². The van der Waals surface area contributed by atoms with Crippen molar-refractivity contribution in [3.05, 3.63) is 92.6 Å². The highest BCUT2D eigenvalue weighted by molar-refractivity contribution is 6.42. The molecule has 1 heterocycles.